The molecule has 0 atom stereocenters. The van der Waals surface area contributed by atoms with Crippen molar-refractivity contribution in [3.63, 3.8) is 0 Å². The number of benzene rings is 1. The summed E-state index contributed by atoms with van der Waals surface area (Å²) in [5.74, 6) is -0.0506. The second kappa shape index (κ2) is 5.46. The molecular formula is C15H11N3O3. The van der Waals surface area contributed by atoms with E-state index in [4.69, 9.17) is 4.52 Å². The van der Waals surface area contributed by atoms with Gasteiger partial charge in [-0.2, -0.15) is 0 Å². The van der Waals surface area contributed by atoms with Crippen molar-refractivity contribution in [3.8, 4) is 17.1 Å². The molecule has 1 aromatic carbocycles. The van der Waals surface area contributed by atoms with Crippen molar-refractivity contribution in [1.29, 1.82) is 0 Å². The summed E-state index contributed by atoms with van der Waals surface area (Å²) in [7, 11) is 0. The smallest absolute Gasteiger partial charge is 0.279 e. The van der Waals surface area contributed by atoms with Crippen LogP contribution in [0.5, 0.6) is 5.75 Å². The number of amides is 1. The number of hydrogen-bond donors (Lipinski definition) is 2. The second-order valence-corrected chi connectivity index (χ2v) is 4.27. The van der Waals surface area contributed by atoms with Crippen LogP contribution >= 0.6 is 0 Å². The van der Waals surface area contributed by atoms with Crippen LogP contribution in [0, 0.1) is 0 Å². The Hall–Kier alpha value is -3.15. The molecule has 0 spiro atoms. The highest BCUT2D eigenvalue weighted by Gasteiger charge is 2.15. The first-order chi connectivity index (χ1) is 10.2. The lowest BCUT2D eigenvalue weighted by molar-refractivity contribution is 0.101. The zero-order chi connectivity index (χ0) is 14.7. The number of nitrogens with zero attached hydrogens (tertiary/aromatic N) is 2. The number of nitrogens with one attached hydrogen (secondary N) is 1. The lowest BCUT2D eigenvalue weighted by atomic mass is 10.1. The summed E-state index contributed by atoms with van der Waals surface area (Å²) in [6.07, 6.45) is 1.47. The van der Waals surface area contributed by atoms with Gasteiger partial charge in [-0.1, -0.05) is 35.5 Å². The van der Waals surface area contributed by atoms with Crippen molar-refractivity contribution in [1.82, 2.24) is 10.1 Å². The zero-order valence-corrected chi connectivity index (χ0v) is 10.9. The summed E-state index contributed by atoms with van der Waals surface area (Å²) in [5, 5.41) is 15.8. The van der Waals surface area contributed by atoms with Gasteiger partial charge in [0.25, 0.3) is 5.91 Å². The molecule has 0 aliphatic rings. The number of carbonyl (C=O) groups excluding carboxylic acids is 1. The first-order valence-electron chi connectivity index (χ1n) is 6.21. The SMILES string of the molecule is O=C(Nc1ncccc1O)c1cc(-c2ccccc2)on1. The molecule has 2 aromatic heterocycles. The van der Waals surface area contributed by atoms with E-state index in [1.54, 1.807) is 6.07 Å². The highest BCUT2D eigenvalue weighted by molar-refractivity contribution is 6.03. The molecule has 0 radical (unpaired) electrons. The summed E-state index contributed by atoms with van der Waals surface area (Å²) in [6.45, 7) is 0. The van der Waals surface area contributed by atoms with Crippen LogP contribution in [0.3, 0.4) is 0 Å². The summed E-state index contributed by atoms with van der Waals surface area (Å²) in [5.41, 5.74) is 0.934. The van der Waals surface area contributed by atoms with E-state index < -0.39 is 5.91 Å². The predicted molar refractivity (Wildman–Crippen MR) is 75.8 cm³/mol. The van der Waals surface area contributed by atoms with E-state index in [1.165, 1.54) is 18.3 Å². The number of aromatic nitrogens is 2. The fourth-order valence-electron chi connectivity index (χ4n) is 1.79. The van der Waals surface area contributed by atoms with Crippen molar-refractivity contribution in [2.75, 3.05) is 5.32 Å². The minimum absolute atomic E-state index is 0.0757. The van der Waals surface area contributed by atoms with E-state index in [0.717, 1.165) is 5.56 Å². The molecule has 6 nitrogen and oxygen atoms in total. The van der Waals surface area contributed by atoms with Crippen molar-refractivity contribution >= 4 is 11.7 Å². The maximum absolute atomic E-state index is 12.0. The highest BCUT2D eigenvalue weighted by Crippen LogP contribution is 2.22. The summed E-state index contributed by atoms with van der Waals surface area (Å²) in [6, 6.07) is 13.9. The van der Waals surface area contributed by atoms with Crippen LogP contribution in [0.2, 0.25) is 0 Å². The summed E-state index contributed by atoms with van der Waals surface area (Å²) in [4.78, 5) is 15.9. The minimum Gasteiger partial charge on any atom is -0.504 e. The van der Waals surface area contributed by atoms with Gasteiger partial charge in [-0.3, -0.25) is 4.79 Å². The third kappa shape index (κ3) is 2.74. The summed E-state index contributed by atoms with van der Waals surface area (Å²) >= 11 is 0. The Morgan fingerprint density at radius 3 is 2.71 bits per heavy atom. The molecule has 0 aliphatic carbocycles. The maximum Gasteiger partial charge on any atom is 0.279 e. The molecule has 104 valence electrons. The van der Waals surface area contributed by atoms with Gasteiger partial charge in [-0.15, -0.1) is 0 Å². The quantitative estimate of drug-likeness (QED) is 0.770. The van der Waals surface area contributed by atoms with Gasteiger partial charge in [-0.25, -0.2) is 4.98 Å². The number of pyridine rings is 1. The van der Waals surface area contributed by atoms with Gasteiger partial charge in [-0.05, 0) is 12.1 Å². The molecule has 0 bridgehead atoms. The molecule has 2 N–H and O–H groups in total. The van der Waals surface area contributed by atoms with Gasteiger partial charge in [0, 0.05) is 17.8 Å². The Morgan fingerprint density at radius 1 is 1.14 bits per heavy atom. The standard InChI is InChI=1S/C15H11N3O3/c19-12-7-4-8-16-14(12)17-15(20)11-9-13(21-18-11)10-5-2-1-3-6-10/h1-9,19H,(H,16,17,20). The first kappa shape index (κ1) is 12.9. The third-order valence-electron chi connectivity index (χ3n) is 2.82. The Kier molecular flexibility index (Phi) is 3.34. The van der Waals surface area contributed by atoms with E-state index >= 15 is 0 Å². The van der Waals surface area contributed by atoms with Gasteiger partial charge in [0.1, 0.15) is 0 Å². The fourth-order valence-corrected chi connectivity index (χ4v) is 1.79. The third-order valence-corrected chi connectivity index (χ3v) is 2.82. The number of hydrogen-bond acceptors (Lipinski definition) is 5. The highest BCUT2D eigenvalue weighted by atomic mass is 16.5. The molecule has 0 aliphatic heterocycles. The minimum atomic E-state index is -0.505. The molecule has 0 saturated carbocycles. The number of aromatic hydroxyl groups is 1. The van der Waals surface area contributed by atoms with Crippen molar-refractivity contribution in [2.45, 2.75) is 0 Å². The van der Waals surface area contributed by atoms with Crippen LogP contribution < -0.4 is 5.32 Å². The predicted octanol–water partition coefficient (Wildman–Crippen LogP) is 2.69. The lowest BCUT2D eigenvalue weighted by Crippen LogP contribution is -2.13. The van der Waals surface area contributed by atoms with Crippen LogP contribution in [-0.2, 0) is 0 Å². The summed E-state index contributed by atoms with van der Waals surface area (Å²) < 4.78 is 5.15. The Morgan fingerprint density at radius 2 is 1.95 bits per heavy atom. The average molecular weight is 281 g/mol. The average Bonchev–Trinajstić information content (AvgIpc) is 3.00. The number of carbonyl (C=O) groups is 1. The Balaban J connectivity index is 1.80. The number of anilines is 1. The molecule has 3 rings (SSSR count). The molecule has 2 heterocycles. The fraction of sp³-hybridized carbons (Fsp3) is 0. The molecule has 0 unspecified atom stereocenters. The molecule has 0 fully saturated rings. The van der Waals surface area contributed by atoms with E-state index in [-0.39, 0.29) is 17.3 Å². The topological polar surface area (TPSA) is 88.2 Å². The van der Waals surface area contributed by atoms with Crippen molar-refractivity contribution in [2.24, 2.45) is 0 Å². The normalized spacial score (nSPS) is 10.3. The lowest BCUT2D eigenvalue weighted by Gasteiger charge is -2.02. The van der Waals surface area contributed by atoms with Crippen molar-refractivity contribution < 1.29 is 14.4 Å². The maximum atomic E-state index is 12.0. The largest absolute Gasteiger partial charge is 0.504 e. The van der Waals surface area contributed by atoms with E-state index in [0.29, 0.717) is 5.76 Å². The second-order valence-electron chi connectivity index (χ2n) is 4.27. The van der Waals surface area contributed by atoms with E-state index in [1.807, 2.05) is 30.3 Å². The van der Waals surface area contributed by atoms with Crippen LogP contribution in [0.1, 0.15) is 10.5 Å². The van der Waals surface area contributed by atoms with E-state index in [2.05, 4.69) is 15.5 Å². The van der Waals surface area contributed by atoms with Gasteiger partial charge in [0.05, 0.1) is 0 Å². The molecule has 1 amide bonds. The van der Waals surface area contributed by atoms with Crippen LogP contribution in [0.15, 0.2) is 59.3 Å². The number of rotatable bonds is 3. The molecule has 6 heteroatoms. The Labute approximate surface area is 120 Å². The van der Waals surface area contributed by atoms with Gasteiger partial charge in [0.15, 0.2) is 23.0 Å². The zero-order valence-electron chi connectivity index (χ0n) is 10.9. The van der Waals surface area contributed by atoms with Crippen LogP contribution in [-0.4, -0.2) is 21.2 Å². The molecule has 0 saturated heterocycles. The molecular weight excluding hydrogens is 270 g/mol. The van der Waals surface area contributed by atoms with Gasteiger partial charge in [0.2, 0.25) is 0 Å². The van der Waals surface area contributed by atoms with Gasteiger partial charge >= 0.3 is 0 Å². The molecule has 21 heavy (non-hydrogen) atoms. The van der Waals surface area contributed by atoms with Crippen LogP contribution in [0.25, 0.3) is 11.3 Å². The Bertz CT molecular complexity index is 769. The first-order valence-corrected chi connectivity index (χ1v) is 6.21. The van der Waals surface area contributed by atoms with Gasteiger partial charge < -0.3 is 14.9 Å². The van der Waals surface area contributed by atoms with Crippen molar-refractivity contribution in [3.05, 3.63) is 60.4 Å². The van der Waals surface area contributed by atoms with Crippen LogP contribution in [0.4, 0.5) is 5.82 Å². The molecule has 3 aromatic rings. The van der Waals surface area contributed by atoms with E-state index in [9.17, 15) is 9.90 Å². The monoisotopic (exact) mass is 281 g/mol.